The molecule has 1 fully saturated rings. The molecule has 14 heavy (non-hydrogen) atoms. The average molecular weight is 190 g/mol. The number of aliphatic hydroxyl groups excluding tert-OH is 1. The molecule has 0 bridgehead atoms. The van der Waals surface area contributed by atoms with Crippen LogP contribution in [0.4, 0.5) is 0 Å². The number of aliphatic hydroxyl groups is 1. The first-order valence-electron chi connectivity index (χ1n) is 5.58. The van der Waals surface area contributed by atoms with Crippen LogP contribution in [0.2, 0.25) is 0 Å². The fourth-order valence-electron chi connectivity index (χ4n) is 2.34. The normalized spacial score (nSPS) is 27.5. The van der Waals surface area contributed by atoms with Crippen LogP contribution in [0.15, 0.2) is 30.3 Å². The van der Waals surface area contributed by atoms with Crippen LogP contribution in [-0.2, 0) is 6.42 Å². The molecule has 2 rings (SSSR count). The topological polar surface area (TPSA) is 20.2 Å². The highest BCUT2D eigenvalue weighted by Gasteiger charge is 2.22. The van der Waals surface area contributed by atoms with Crippen LogP contribution in [0.1, 0.15) is 31.2 Å². The van der Waals surface area contributed by atoms with E-state index in [0.717, 1.165) is 12.8 Å². The standard InChI is InChI=1S/C13H18O/c14-13-9-5-4-8-12(13)10-11-6-2-1-3-7-11/h1-3,6-7,12-14H,4-5,8-10H2/t12-,13+/m0/s1. The minimum Gasteiger partial charge on any atom is -0.393 e. The van der Waals surface area contributed by atoms with E-state index in [-0.39, 0.29) is 6.10 Å². The highest BCUT2D eigenvalue weighted by Crippen LogP contribution is 2.27. The van der Waals surface area contributed by atoms with E-state index in [1.54, 1.807) is 0 Å². The molecule has 0 aromatic heterocycles. The molecule has 1 aromatic carbocycles. The lowest BCUT2D eigenvalue weighted by atomic mass is 9.82. The van der Waals surface area contributed by atoms with E-state index >= 15 is 0 Å². The molecule has 0 heterocycles. The molecule has 1 saturated carbocycles. The Bertz CT molecular complexity index is 268. The molecule has 0 unspecified atom stereocenters. The Morgan fingerprint density at radius 1 is 1.07 bits per heavy atom. The van der Waals surface area contributed by atoms with Crippen molar-refractivity contribution in [3.63, 3.8) is 0 Å². The van der Waals surface area contributed by atoms with Crippen LogP contribution < -0.4 is 0 Å². The Kier molecular flexibility index (Phi) is 3.20. The zero-order valence-corrected chi connectivity index (χ0v) is 8.52. The quantitative estimate of drug-likeness (QED) is 0.760. The van der Waals surface area contributed by atoms with E-state index in [4.69, 9.17) is 0 Å². The van der Waals surface area contributed by atoms with Crippen molar-refractivity contribution in [2.75, 3.05) is 0 Å². The van der Waals surface area contributed by atoms with Gasteiger partial charge in [-0.1, -0.05) is 43.2 Å². The SMILES string of the molecule is O[C@@H]1CCCC[C@H]1Cc1ccccc1. The smallest absolute Gasteiger partial charge is 0.0571 e. The molecule has 2 atom stereocenters. The maximum absolute atomic E-state index is 9.83. The van der Waals surface area contributed by atoms with Gasteiger partial charge in [-0.15, -0.1) is 0 Å². The third-order valence-corrected chi connectivity index (χ3v) is 3.21. The van der Waals surface area contributed by atoms with Crippen LogP contribution in [0.3, 0.4) is 0 Å². The molecule has 0 spiro atoms. The van der Waals surface area contributed by atoms with E-state index in [1.807, 2.05) is 6.07 Å². The monoisotopic (exact) mass is 190 g/mol. The zero-order valence-electron chi connectivity index (χ0n) is 8.52. The predicted octanol–water partition coefficient (Wildman–Crippen LogP) is 2.78. The molecule has 1 nitrogen and oxygen atoms in total. The van der Waals surface area contributed by atoms with Crippen molar-refractivity contribution in [2.45, 2.75) is 38.2 Å². The summed E-state index contributed by atoms with van der Waals surface area (Å²) in [5, 5.41) is 9.83. The Morgan fingerprint density at radius 3 is 2.50 bits per heavy atom. The molecule has 1 aromatic rings. The van der Waals surface area contributed by atoms with Gasteiger partial charge in [0.2, 0.25) is 0 Å². The van der Waals surface area contributed by atoms with Crippen LogP contribution in [0, 0.1) is 5.92 Å². The van der Waals surface area contributed by atoms with Crippen LogP contribution in [-0.4, -0.2) is 11.2 Å². The Morgan fingerprint density at radius 2 is 1.79 bits per heavy atom. The van der Waals surface area contributed by atoms with E-state index in [1.165, 1.54) is 24.8 Å². The second-order valence-electron chi connectivity index (χ2n) is 4.30. The van der Waals surface area contributed by atoms with Gasteiger partial charge in [0.1, 0.15) is 0 Å². The van der Waals surface area contributed by atoms with Crippen molar-refractivity contribution in [1.29, 1.82) is 0 Å². The zero-order chi connectivity index (χ0) is 9.80. The van der Waals surface area contributed by atoms with Crippen molar-refractivity contribution in [3.8, 4) is 0 Å². The molecule has 0 radical (unpaired) electrons. The van der Waals surface area contributed by atoms with E-state index in [0.29, 0.717) is 5.92 Å². The van der Waals surface area contributed by atoms with Gasteiger partial charge in [-0.25, -0.2) is 0 Å². The van der Waals surface area contributed by atoms with Gasteiger partial charge in [0.15, 0.2) is 0 Å². The lowest BCUT2D eigenvalue weighted by molar-refractivity contribution is 0.0700. The highest BCUT2D eigenvalue weighted by molar-refractivity contribution is 5.15. The van der Waals surface area contributed by atoms with Crippen LogP contribution >= 0.6 is 0 Å². The first kappa shape index (κ1) is 9.72. The number of benzene rings is 1. The van der Waals surface area contributed by atoms with E-state index < -0.39 is 0 Å². The number of hydrogen-bond donors (Lipinski definition) is 1. The summed E-state index contributed by atoms with van der Waals surface area (Å²) < 4.78 is 0. The summed E-state index contributed by atoms with van der Waals surface area (Å²) in [5.74, 6) is 0.492. The third kappa shape index (κ3) is 2.36. The van der Waals surface area contributed by atoms with Crippen molar-refractivity contribution in [2.24, 2.45) is 5.92 Å². The molecule has 0 aliphatic heterocycles. The summed E-state index contributed by atoms with van der Waals surface area (Å²) in [7, 11) is 0. The Labute approximate surface area is 85.8 Å². The van der Waals surface area contributed by atoms with Gasteiger partial charge in [-0.2, -0.15) is 0 Å². The van der Waals surface area contributed by atoms with Gasteiger partial charge >= 0.3 is 0 Å². The number of hydrogen-bond acceptors (Lipinski definition) is 1. The molecular formula is C13H18O. The second kappa shape index (κ2) is 4.61. The number of rotatable bonds is 2. The van der Waals surface area contributed by atoms with Gasteiger partial charge in [0, 0.05) is 0 Å². The first-order valence-corrected chi connectivity index (χ1v) is 5.58. The summed E-state index contributed by atoms with van der Waals surface area (Å²) in [6.07, 6.45) is 5.65. The van der Waals surface area contributed by atoms with Crippen molar-refractivity contribution in [1.82, 2.24) is 0 Å². The molecule has 1 N–H and O–H groups in total. The lowest BCUT2D eigenvalue weighted by Crippen LogP contribution is -2.26. The van der Waals surface area contributed by atoms with Gasteiger partial charge in [-0.05, 0) is 30.7 Å². The molecule has 0 amide bonds. The summed E-state index contributed by atoms with van der Waals surface area (Å²) in [6, 6.07) is 10.5. The summed E-state index contributed by atoms with van der Waals surface area (Å²) >= 11 is 0. The van der Waals surface area contributed by atoms with Crippen molar-refractivity contribution < 1.29 is 5.11 Å². The first-order chi connectivity index (χ1) is 6.86. The van der Waals surface area contributed by atoms with E-state index in [2.05, 4.69) is 24.3 Å². The van der Waals surface area contributed by atoms with Crippen LogP contribution in [0.25, 0.3) is 0 Å². The Hall–Kier alpha value is -0.820. The fraction of sp³-hybridized carbons (Fsp3) is 0.538. The third-order valence-electron chi connectivity index (χ3n) is 3.21. The second-order valence-corrected chi connectivity index (χ2v) is 4.30. The molecule has 76 valence electrons. The van der Waals surface area contributed by atoms with Gasteiger partial charge in [0.25, 0.3) is 0 Å². The summed E-state index contributed by atoms with van der Waals surface area (Å²) in [4.78, 5) is 0. The summed E-state index contributed by atoms with van der Waals surface area (Å²) in [5.41, 5.74) is 1.36. The maximum atomic E-state index is 9.83. The van der Waals surface area contributed by atoms with E-state index in [9.17, 15) is 5.11 Å². The molecule has 1 aliphatic rings. The van der Waals surface area contributed by atoms with Crippen LogP contribution in [0.5, 0.6) is 0 Å². The maximum Gasteiger partial charge on any atom is 0.0571 e. The molecule has 1 aliphatic carbocycles. The minimum atomic E-state index is -0.0658. The van der Waals surface area contributed by atoms with Crippen molar-refractivity contribution >= 4 is 0 Å². The Balaban J connectivity index is 1.96. The van der Waals surface area contributed by atoms with Gasteiger partial charge < -0.3 is 5.11 Å². The predicted molar refractivity (Wildman–Crippen MR) is 58.1 cm³/mol. The fourth-order valence-corrected chi connectivity index (χ4v) is 2.34. The van der Waals surface area contributed by atoms with Crippen molar-refractivity contribution in [3.05, 3.63) is 35.9 Å². The molecular weight excluding hydrogens is 172 g/mol. The van der Waals surface area contributed by atoms with Gasteiger partial charge in [0.05, 0.1) is 6.10 Å². The average Bonchev–Trinajstić information content (AvgIpc) is 2.23. The highest BCUT2D eigenvalue weighted by atomic mass is 16.3. The van der Waals surface area contributed by atoms with Gasteiger partial charge in [-0.3, -0.25) is 0 Å². The molecule has 1 heteroatoms. The largest absolute Gasteiger partial charge is 0.393 e. The lowest BCUT2D eigenvalue weighted by Gasteiger charge is -2.27. The molecule has 0 saturated heterocycles. The summed E-state index contributed by atoms with van der Waals surface area (Å²) in [6.45, 7) is 0. The minimum absolute atomic E-state index is 0.0658.